The van der Waals surface area contributed by atoms with Crippen molar-refractivity contribution in [2.24, 2.45) is 10.8 Å². The highest BCUT2D eigenvalue weighted by Gasteiger charge is 2.41. The zero-order valence-electron chi connectivity index (χ0n) is 23.4. The summed E-state index contributed by atoms with van der Waals surface area (Å²) in [5.41, 5.74) is 9.60. The second-order valence-electron chi connectivity index (χ2n) is 12.2. The molecule has 4 aromatic rings. The minimum absolute atomic E-state index is 0.0741. The van der Waals surface area contributed by atoms with Gasteiger partial charge < -0.3 is 0 Å². The molecule has 1 aliphatic rings. The van der Waals surface area contributed by atoms with Crippen molar-refractivity contribution in [2.45, 2.75) is 59.8 Å². The van der Waals surface area contributed by atoms with Crippen LogP contribution in [0.25, 0.3) is 39.1 Å². The Morgan fingerprint density at radius 1 is 0.811 bits per heavy atom. The molecule has 0 saturated carbocycles. The van der Waals surface area contributed by atoms with Gasteiger partial charge in [0.05, 0.1) is 0 Å². The zero-order valence-corrected chi connectivity index (χ0v) is 23.4. The molecular weight excluding hydrogens is 444 g/mol. The molecule has 0 bridgehead atoms. The highest BCUT2D eigenvalue weighted by molar-refractivity contribution is 6.10. The van der Waals surface area contributed by atoms with Crippen molar-refractivity contribution in [1.29, 1.82) is 0 Å². The summed E-state index contributed by atoms with van der Waals surface area (Å²) in [5, 5.41) is 2.65. The van der Waals surface area contributed by atoms with E-state index in [4.69, 9.17) is 0 Å². The molecule has 5 rings (SSSR count). The first-order chi connectivity index (χ1) is 17.6. The van der Waals surface area contributed by atoms with Crippen molar-refractivity contribution in [3.63, 3.8) is 0 Å². The van der Waals surface area contributed by atoms with Gasteiger partial charge in [0.1, 0.15) is 0 Å². The first-order valence-corrected chi connectivity index (χ1v) is 13.7. The molecule has 188 valence electrons. The third kappa shape index (κ3) is 4.17. The van der Waals surface area contributed by atoms with Crippen LogP contribution >= 0.6 is 0 Å². The van der Waals surface area contributed by atoms with Gasteiger partial charge in [-0.2, -0.15) is 0 Å². The molecule has 4 aromatic carbocycles. The highest BCUT2D eigenvalue weighted by atomic mass is 14.4. The van der Waals surface area contributed by atoms with Gasteiger partial charge in [0.25, 0.3) is 0 Å². The third-order valence-corrected chi connectivity index (χ3v) is 9.43. The Hall–Kier alpha value is -3.38. The van der Waals surface area contributed by atoms with Crippen LogP contribution in [-0.4, -0.2) is 0 Å². The summed E-state index contributed by atoms with van der Waals surface area (Å²) >= 11 is 0. The zero-order chi connectivity index (χ0) is 26.4. The molecule has 0 spiro atoms. The van der Waals surface area contributed by atoms with Crippen molar-refractivity contribution in [3.05, 3.63) is 114 Å². The molecule has 0 heterocycles. The highest BCUT2D eigenvalue weighted by Crippen LogP contribution is 2.53. The second-order valence-corrected chi connectivity index (χ2v) is 12.2. The number of rotatable bonds is 6. The van der Waals surface area contributed by atoms with Crippen LogP contribution in [0.15, 0.2) is 97.6 Å². The fourth-order valence-electron chi connectivity index (χ4n) is 5.86. The molecule has 1 aliphatic carbocycles. The van der Waals surface area contributed by atoms with E-state index in [1.54, 1.807) is 0 Å². The largest absolute Gasteiger partial charge is 0.102 e. The van der Waals surface area contributed by atoms with E-state index in [2.05, 4.69) is 145 Å². The number of benzene rings is 4. The first-order valence-electron chi connectivity index (χ1n) is 13.7. The van der Waals surface area contributed by atoms with Crippen LogP contribution in [0.3, 0.4) is 0 Å². The minimum Gasteiger partial charge on any atom is -0.102 e. The summed E-state index contributed by atoms with van der Waals surface area (Å²) in [7, 11) is 0. The maximum atomic E-state index is 4.14. The van der Waals surface area contributed by atoms with Gasteiger partial charge in [0.15, 0.2) is 0 Å². The third-order valence-electron chi connectivity index (χ3n) is 9.43. The predicted octanol–water partition coefficient (Wildman–Crippen LogP) is 10.6. The van der Waals surface area contributed by atoms with E-state index < -0.39 is 0 Å². The lowest BCUT2D eigenvalue weighted by Gasteiger charge is -2.45. The second kappa shape index (κ2) is 9.18. The maximum absolute atomic E-state index is 4.14. The van der Waals surface area contributed by atoms with Gasteiger partial charge in [-0.1, -0.05) is 139 Å². The average molecular weight is 485 g/mol. The quantitative estimate of drug-likeness (QED) is 0.239. The van der Waals surface area contributed by atoms with Gasteiger partial charge in [-0.3, -0.25) is 0 Å². The van der Waals surface area contributed by atoms with Crippen molar-refractivity contribution in [3.8, 4) is 22.3 Å². The van der Waals surface area contributed by atoms with Gasteiger partial charge >= 0.3 is 0 Å². The Labute approximate surface area is 223 Å². The van der Waals surface area contributed by atoms with Gasteiger partial charge in [-0.15, -0.1) is 6.58 Å². The fourth-order valence-corrected chi connectivity index (χ4v) is 5.86. The minimum atomic E-state index is -0.107. The summed E-state index contributed by atoms with van der Waals surface area (Å²) in [6, 6.07) is 29.1. The van der Waals surface area contributed by atoms with E-state index in [9.17, 15) is 0 Å². The van der Waals surface area contributed by atoms with Crippen molar-refractivity contribution >= 4 is 16.8 Å². The summed E-state index contributed by atoms with van der Waals surface area (Å²) in [4.78, 5) is 0. The van der Waals surface area contributed by atoms with E-state index in [1.165, 1.54) is 49.7 Å². The molecule has 0 aliphatic heterocycles. The van der Waals surface area contributed by atoms with Gasteiger partial charge in [-0.05, 0) is 73.0 Å². The predicted molar refractivity (Wildman–Crippen MR) is 163 cm³/mol. The first kappa shape index (κ1) is 25.3. The lowest BCUT2D eigenvalue weighted by molar-refractivity contribution is 0.137. The van der Waals surface area contributed by atoms with Gasteiger partial charge in [0.2, 0.25) is 0 Å². The topological polar surface area (TPSA) is 0 Å². The molecule has 0 aromatic heterocycles. The Bertz CT molecular complexity index is 1480. The molecule has 0 amide bonds. The molecule has 1 unspecified atom stereocenters. The van der Waals surface area contributed by atoms with Crippen molar-refractivity contribution in [2.75, 3.05) is 0 Å². The van der Waals surface area contributed by atoms with E-state index in [-0.39, 0.29) is 16.2 Å². The maximum Gasteiger partial charge on any atom is 0.00729 e. The smallest absolute Gasteiger partial charge is 0.00729 e. The number of hydrogen-bond acceptors (Lipinski definition) is 0. The van der Waals surface area contributed by atoms with Crippen LogP contribution in [0.1, 0.15) is 64.7 Å². The van der Waals surface area contributed by atoms with E-state index in [0.717, 1.165) is 12.8 Å². The summed E-state index contributed by atoms with van der Waals surface area (Å²) < 4.78 is 0. The Balaban J connectivity index is 1.95. The molecular formula is C37H40. The number of fused-ring (bicyclic) bond motifs is 2. The lowest BCUT2D eigenvalue weighted by atomic mass is 9.59. The Morgan fingerprint density at radius 3 is 1.97 bits per heavy atom. The Kier molecular flexibility index (Phi) is 6.27. The monoisotopic (exact) mass is 484 g/mol. The van der Waals surface area contributed by atoms with Crippen molar-refractivity contribution in [1.82, 2.24) is 0 Å². The van der Waals surface area contributed by atoms with Crippen LogP contribution < -0.4 is 0 Å². The van der Waals surface area contributed by atoms with Crippen LogP contribution in [0.2, 0.25) is 0 Å². The standard InChI is InChI=1S/C37H40/c1-8-35(3,4)28-20-21-29-31(24-28)33(26-16-12-10-13-17-26)30-22-23-37(7,36(5,6)9-2)25-32(30)34(29)27-18-14-11-15-19-27/h8,10-24H,1,9,25H2,2-7H3. The van der Waals surface area contributed by atoms with Crippen LogP contribution in [0.4, 0.5) is 0 Å². The number of allylic oxidation sites excluding steroid dienone is 2. The van der Waals surface area contributed by atoms with Crippen LogP contribution in [-0.2, 0) is 11.8 Å². The van der Waals surface area contributed by atoms with E-state index in [0.29, 0.717) is 0 Å². The van der Waals surface area contributed by atoms with Crippen molar-refractivity contribution < 1.29 is 0 Å². The molecule has 0 nitrogen and oxygen atoms in total. The molecule has 0 saturated heterocycles. The fraction of sp³-hybridized carbons (Fsp3) is 0.297. The molecule has 1 atom stereocenters. The lowest BCUT2D eigenvalue weighted by Crippen LogP contribution is -2.36. The summed E-state index contributed by atoms with van der Waals surface area (Å²) in [6.07, 6.45) is 9.17. The molecule has 0 fully saturated rings. The van der Waals surface area contributed by atoms with Crippen LogP contribution in [0, 0.1) is 10.8 Å². The average Bonchev–Trinajstić information content (AvgIpc) is 2.92. The van der Waals surface area contributed by atoms with Gasteiger partial charge in [-0.25, -0.2) is 0 Å². The molecule has 0 N–H and O–H groups in total. The normalized spacial score (nSPS) is 17.6. The van der Waals surface area contributed by atoms with Crippen LogP contribution in [0.5, 0.6) is 0 Å². The summed E-state index contributed by atoms with van der Waals surface area (Å²) in [6.45, 7) is 18.3. The summed E-state index contributed by atoms with van der Waals surface area (Å²) in [5.74, 6) is 0. The Morgan fingerprint density at radius 2 is 1.41 bits per heavy atom. The SMILES string of the molecule is C=CC(C)(C)c1ccc2c(-c3ccccc3)c3c(c(-c4ccccc4)c2c1)C=CC(C)(C(C)(C)CC)C3. The molecule has 37 heavy (non-hydrogen) atoms. The van der Waals surface area contributed by atoms with E-state index in [1.807, 2.05) is 0 Å². The van der Waals surface area contributed by atoms with Gasteiger partial charge in [0, 0.05) is 5.41 Å². The molecule has 0 heteroatoms. The van der Waals surface area contributed by atoms with E-state index >= 15 is 0 Å². The number of hydrogen-bond donors (Lipinski definition) is 0. The molecule has 0 radical (unpaired) electrons.